The van der Waals surface area contributed by atoms with Gasteiger partial charge >= 0.3 is 11.9 Å². The van der Waals surface area contributed by atoms with E-state index in [2.05, 4.69) is 9.47 Å². The molecule has 1 spiro atoms. The van der Waals surface area contributed by atoms with Crippen LogP contribution < -0.4 is 0 Å². The highest BCUT2D eigenvalue weighted by atomic mass is 16.8. The first-order valence-corrected chi connectivity index (χ1v) is 5.87. The number of methoxy groups -OCH3 is 2. The molecule has 7 heteroatoms. The van der Waals surface area contributed by atoms with Crippen LogP contribution in [0.1, 0.15) is 12.8 Å². The van der Waals surface area contributed by atoms with E-state index in [1.165, 1.54) is 14.2 Å². The third-order valence-corrected chi connectivity index (χ3v) is 3.13. The van der Waals surface area contributed by atoms with E-state index in [0.717, 1.165) is 0 Å². The van der Waals surface area contributed by atoms with Gasteiger partial charge in [-0.05, 0) is 0 Å². The molecule has 0 amide bonds. The molecule has 0 bridgehead atoms. The summed E-state index contributed by atoms with van der Waals surface area (Å²) in [4.78, 5) is 23.3. The Hall–Kier alpha value is -1.44. The summed E-state index contributed by atoms with van der Waals surface area (Å²) >= 11 is 0. The lowest BCUT2D eigenvalue weighted by atomic mass is 9.98. The van der Waals surface area contributed by atoms with Crippen molar-refractivity contribution in [3.63, 3.8) is 0 Å². The van der Waals surface area contributed by atoms with Crippen LogP contribution in [-0.4, -0.2) is 55.4 Å². The molecule has 1 heterocycles. The van der Waals surface area contributed by atoms with Crippen LogP contribution in [0.5, 0.6) is 0 Å². The van der Waals surface area contributed by atoms with Crippen LogP contribution in [0.2, 0.25) is 0 Å². The molecular weight excluding hydrogens is 256 g/mol. The molecule has 1 fully saturated rings. The Kier molecular flexibility index (Phi) is 3.88. The summed E-state index contributed by atoms with van der Waals surface area (Å²) in [6.45, 7) is 0. The molecule has 2 aliphatic rings. The molecule has 1 saturated heterocycles. The molecule has 106 valence electrons. The zero-order valence-electron chi connectivity index (χ0n) is 10.7. The third-order valence-electron chi connectivity index (χ3n) is 3.13. The average molecular weight is 272 g/mol. The van der Waals surface area contributed by atoms with Crippen LogP contribution in [0, 0.1) is 0 Å². The lowest BCUT2D eigenvalue weighted by Gasteiger charge is -2.31. The van der Waals surface area contributed by atoms with E-state index < -0.39 is 36.0 Å². The second-order valence-electron chi connectivity index (χ2n) is 4.44. The van der Waals surface area contributed by atoms with Gasteiger partial charge in [-0.3, -0.25) is 0 Å². The molecule has 0 saturated carbocycles. The van der Waals surface area contributed by atoms with E-state index in [-0.39, 0.29) is 6.42 Å². The minimum atomic E-state index is -1.19. The molecule has 1 aliphatic carbocycles. The van der Waals surface area contributed by atoms with E-state index in [9.17, 15) is 14.7 Å². The smallest absolute Gasteiger partial charge is 0.338 e. The topological polar surface area (TPSA) is 91.3 Å². The van der Waals surface area contributed by atoms with Crippen molar-refractivity contribution in [2.45, 2.75) is 36.9 Å². The first kappa shape index (κ1) is 14.0. The number of aliphatic hydroxyl groups excluding tert-OH is 1. The van der Waals surface area contributed by atoms with Gasteiger partial charge in [0.15, 0.2) is 18.0 Å². The van der Waals surface area contributed by atoms with Gasteiger partial charge in [0.1, 0.15) is 0 Å². The summed E-state index contributed by atoms with van der Waals surface area (Å²) in [6, 6.07) is 0. The predicted octanol–water partition coefficient (Wildman–Crippen LogP) is -0.476. The maximum Gasteiger partial charge on any atom is 0.338 e. The number of hydrogen-bond acceptors (Lipinski definition) is 7. The minimum absolute atomic E-state index is 0.143. The molecule has 1 aliphatic heterocycles. The van der Waals surface area contributed by atoms with Crippen LogP contribution in [0.15, 0.2) is 12.2 Å². The van der Waals surface area contributed by atoms with Crippen LogP contribution in [0.25, 0.3) is 0 Å². The third kappa shape index (κ3) is 2.63. The Bertz CT molecular complexity index is 379. The Morgan fingerprint density at radius 1 is 1.21 bits per heavy atom. The normalized spacial score (nSPS) is 32.3. The van der Waals surface area contributed by atoms with Gasteiger partial charge in [-0.15, -0.1) is 0 Å². The van der Waals surface area contributed by atoms with E-state index in [1.54, 1.807) is 12.2 Å². The maximum absolute atomic E-state index is 11.6. The molecule has 1 N–H and O–H groups in total. The Balaban J connectivity index is 2.22. The maximum atomic E-state index is 11.6. The van der Waals surface area contributed by atoms with Gasteiger partial charge in [0, 0.05) is 12.8 Å². The zero-order valence-corrected chi connectivity index (χ0v) is 10.7. The first-order chi connectivity index (χ1) is 9.01. The molecule has 1 unspecified atom stereocenters. The van der Waals surface area contributed by atoms with Crippen molar-refractivity contribution in [1.29, 1.82) is 0 Å². The Morgan fingerprint density at radius 3 is 2.16 bits per heavy atom. The first-order valence-electron chi connectivity index (χ1n) is 5.87. The lowest BCUT2D eigenvalue weighted by molar-refractivity contribution is -0.200. The van der Waals surface area contributed by atoms with Gasteiger partial charge in [0.2, 0.25) is 0 Å². The fourth-order valence-electron chi connectivity index (χ4n) is 2.26. The van der Waals surface area contributed by atoms with Crippen LogP contribution >= 0.6 is 0 Å². The molecule has 2 rings (SSSR count). The highest BCUT2D eigenvalue weighted by molar-refractivity contribution is 5.86. The fourth-order valence-corrected chi connectivity index (χ4v) is 2.26. The number of esters is 2. The summed E-state index contributed by atoms with van der Waals surface area (Å²) < 4.78 is 20.3. The Labute approximate surface area is 110 Å². The van der Waals surface area contributed by atoms with Crippen LogP contribution in [0.3, 0.4) is 0 Å². The standard InChI is InChI=1S/C12H16O7/c1-16-10(14)8-9(11(15)17-2)19-12(18-8)5-3-4-7(13)6-12/h3-4,7-9,13H,5-6H2,1-2H3/t7?,8-,9-/m0/s1. The molecule has 7 nitrogen and oxygen atoms in total. The van der Waals surface area contributed by atoms with Crippen molar-refractivity contribution < 1.29 is 33.6 Å². The van der Waals surface area contributed by atoms with Crippen molar-refractivity contribution in [1.82, 2.24) is 0 Å². The van der Waals surface area contributed by atoms with Crippen molar-refractivity contribution in [3.8, 4) is 0 Å². The summed E-state index contributed by atoms with van der Waals surface area (Å²) in [5.74, 6) is -2.61. The highest BCUT2D eigenvalue weighted by Gasteiger charge is 2.55. The van der Waals surface area contributed by atoms with Crippen molar-refractivity contribution in [2.24, 2.45) is 0 Å². The number of carbonyl (C=O) groups is 2. The summed E-state index contributed by atoms with van der Waals surface area (Å²) in [7, 11) is 2.39. The summed E-state index contributed by atoms with van der Waals surface area (Å²) in [5.41, 5.74) is 0. The summed E-state index contributed by atoms with van der Waals surface area (Å²) in [5, 5.41) is 9.62. The summed E-state index contributed by atoms with van der Waals surface area (Å²) in [6.07, 6.45) is 0.657. The molecule has 0 aromatic heterocycles. The van der Waals surface area contributed by atoms with E-state index >= 15 is 0 Å². The van der Waals surface area contributed by atoms with E-state index in [4.69, 9.17) is 9.47 Å². The van der Waals surface area contributed by atoms with Gasteiger partial charge in [-0.2, -0.15) is 0 Å². The Morgan fingerprint density at radius 2 is 1.74 bits per heavy atom. The molecular formula is C12H16O7. The lowest BCUT2D eigenvalue weighted by Crippen LogP contribution is -2.38. The monoisotopic (exact) mass is 272 g/mol. The van der Waals surface area contributed by atoms with E-state index in [0.29, 0.717) is 6.42 Å². The fraction of sp³-hybridized carbons (Fsp3) is 0.667. The molecule has 0 aromatic carbocycles. The largest absolute Gasteiger partial charge is 0.467 e. The molecule has 3 atom stereocenters. The van der Waals surface area contributed by atoms with Crippen molar-refractivity contribution in [2.75, 3.05) is 14.2 Å². The highest BCUT2D eigenvalue weighted by Crippen LogP contribution is 2.39. The predicted molar refractivity (Wildman–Crippen MR) is 60.9 cm³/mol. The number of ether oxygens (including phenoxy) is 4. The number of carbonyl (C=O) groups excluding carboxylic acids is 2. The van der Waals surface area contributed by atoms with Crippen molar-refractivity contribution >= 4 is 11.9 Å². The van der Waals surface area contributed by atoms with E-state index in [1.807, 2.05) is 0 Å². The molecule has 0 aromatic rings. The molecule has 19 heavy (non-hydrogen) atoms. The number of rotatable bonds is 2. The average Bonchev–Trinajstić information content (AvgIpc) is 2.76. The van der Waals surface area contributed by atoms with Gasteiger partial charge < -0.3 is 24.1 Å². The second-order valence-corrected chi connectivity index (χ2v) is 4.44. The molecule has 0 radical (unpaired) electrons. The van der Waals surface area contributed by atoms with Gasteiger partial charge in [0.05, 0.1) is 20.3 Å². The van der Waals surface area contributed by atoms with Crippen molar-refractivity contribution in [3.05, 3.63) is 12.2 Å². The number of hydrogen-bond donors (Lipinski definition) is 1. The van der Waals surface area contributed by atoms with Gasteiger partial charge in [0.25, 0.3) is 0 Å². The number of aliphatic hydroxyl groups is 1. The van der Waals surface area contributed by atoms with Crippen LogP contribution in [-0.2, 0) is 28.5 Å². The zero-order chi connectivity index (χ0) is 14.0. The SMILES string of the molecule is COC(=O)[C@H]1OC2(CC=CC(O)C2)O[C@@H]1C(=O)OC. The van der Waals surface area contributed by atoms with Gasteiger partial charge in [-0.25, -0.2) is 9.59 Å². The second kappa shape index (κ2) is 5.28. The van der Waals surface area contributed by atoms with Gasteiger partial charge in [-0.1, -0.05) is 12.2 Å². The van der Waals surface area contributed by atoms with Crippen LogP contribution in [0.4, 0.5) is 0 Å². The minimum Gasteiger partial charge on any atom is -0.467 e. The quantitative estimate of drug-likeness (QED) is 0.536.